The van der Waals surface area contributed by atoms with E-state index in [-0.39, 0.29) is 5.91 Å². The van der Waals surface area contributed by atoms with Crippen molar-refractivity contribution in [2.75, 3.05) is 11.6 Å². The van der Waals surface area contributed by atoms with E-state index in [1.165, 1.54) is 11.8 Å². The quantitative estimate of drug-likeness (QED) is 0.735. The number of hydrogen-bond acceptors (Lipinski definition) is 2. The molecule has 0 aliphatic rings. The van der Waals surface area contributed by atoms with Gasteiger partial charge in [-0.05, 0) is 30.9 Å². The topological polar surface area (TPSA) is 29.1 Å². The number of thioether (sulfide) groups is 1. The second-order valence-corrected chi connectivity index (χ2v) is 3.66. The molecule has 0 aliphatic heterocycles. The van der Waals surface area contributed by atoms with E-state index in [2.05, 4.69) is 5.32 Å². The van der Waals surface area contributed by atoms with E-state index >= 15 is 0 Å². The summed E-state index contributed by atoms with van der Waals surface area (Å²) < 4.78 is 0. The summed E-state index contributed by atoms with van der Waals surface area (Å²) in [6.45, 7) is 3.53. The first kappa shape index (κ1) is 10.1. The second-order valence-electron chi connectivity index (χ2n) is 2.81. The van der Waals surface area contributed by atoms with Crippen molar-refractivity contribution < 1.29 is 4.79 Å². The van der Waals surface area contributed by atoms with Gasteiger partial charge in [-0.3, -0.25) is 4.79 Å². The Hall–Kier alpha value is -0.960. The van der Waals surface area contributed by atoms with E-state index < -0.39 is 0 Å². The maximum absolute atomic E-state index is 10.8. The van der Waals surface area contributed by atoms with E-state index in [1.807, 2.05) is 31.4 Å². The Morgan fingerprint density at radius 2 is 2.15 bits per heavy atom. The van der Waals surface area contributed by atoms with E-state index in [0.717, 1.165) is 11.3 Å². The Bertz CT molecular complexity index is 323. The lowest BCUT2D eigenvalue weighted by atomic mass is 10.2. The van der Waals surface area contributed by atoms with Crippen molar-refractivity contribution in [3.8, 4) is 0 Å². The summed E-state index contributed by atoms with van der Waals surface area (Å²) in [5.74, 6) is -0.0265. The third-order valence-corrected chi connectivity index (χ3v) is 2.70. The van der Waals surface area contributed by atoms with Crippen LogP contribution in [0.25, 0.3) is 0 Å². The highest BCUT2D eigenvalue weighted by atomic mass is 32.2. The molecule has 1 aromatic rings. The number of amides is 1. The first-order valence-electron chi connectivity index (χ1n) is 4.06. The Labute approximate surface area is 82.7 Å². The molecule has 0 spiro atoms. The fourth-order valence-electron chi connectivity index (χ4n) is 1.16. The predicted octanol–water partition coefficient (Wildman–Crippen LogP) is 2.68. The van der Waals surface area contributed by atoms with Gasteiger partial charge in [0.15, 0.2) is 0 Å². The van der Waals surface area contributed by atoms with E-state index in [9.17, 15) is 4.79 Å². The average Bonchev–Trinajstić information content (AvgIpc) is 2.08. The third kappa shape index (κ3) is 2.49. The normalized spacial score (nSPS) is 9.77. The van der Waals surface area contributed by atoms with Crippen molar-refractivity contribution in [1.82, 2.24) is 0 Å². The van der Waals surface area contributed by atoms with Crippen molar-refractivity contribution in [2.24, 2.45) is 0 Å². The summed E-state index contributed by atoms with van der Waals surface area (Å²) in [6.07, 6.45) is 2.03. The molecule has 1 N–H and O–H groups in total. The number of carbonyl (C=O) groups excluding carboxylic acids is 1. The van der Waals surface area contributed by atoms with Crippen LogP contribution in [0.2, 0.25) is 0 Å². The maximum atomic E-state index is 10.8. The van der Waals surface area contributed by atoms with Gasteiger partial charge in [0.25, 0.3) is 0 Å². The Kier molecular flexibility index (Phi) is 3.37. The molecule has 0 heterocycles. The lowest BCUT2D eigenvalue weighted by Crippen LogP contribution is -2.07. The Balaban J connectivity index is 3.01. The molecule has 13 heavy (non-hydrogen) atoms. The van der Waals surface area contributed by atoms with Crippen LogP contribution in [0.4, 0.5) is 5.69 Å². The molecule has 1 aromatic carbocycles. The number of nitrogens with one attached hydrogen (secondary N) is 1. The molecule has 0 bridgehead atoms. The van der Waals surface area contributed by atoms with Crippen LogP contribution in [0.1, 0.15) is 12.5 Å². The van der Waals surface area contributed by atoms with E-state index in [1.54, 1.807) is 11.8 Å². The van der Waals surface area contributed by atoms with Crippen molar-refractivity contribution in [3.63, 3.8) is 0 Å². The molecule has 3 heteroatoms. The molecule has 0 aromatic heterocycles. The van der Waals surface area contributed by atoms with Gasteiger partial charge >= 0.3 is 0 Å². The van der Waals surface area contributed by atoms with Crippen LogP contribution in [0.3, 0.4) is 0 Å². The van der Waals surface area contributed by atoms with Crippen LogP contribution >= 0.6 is 11.8 Å². The minimum Gasteiger partial charge on any atom is -0.326 e. The smallest absolute Gasteiger partial charge is 0.221 e. The van der Waals surface area contributed by atoms with Crippen LogP contribution in [0, 0.1) is 6.92 Å². The van der Waals surface area contributed by atoms with E-state index in [0.29, 0.717) is 0 Å². The molecule has 0 saturated heterocycles. The molecule has 70 valence electrons. The van der Waals surface area contributed by atoms with Crippen molar-refractivity contribution in [1.29, 1.82) is 0 Å². The molecule has 2 nitrogen and oxygen atoms in total. The third-order valence-electron chi connectivity index (χ3n) is 1.81. The van der Waals surface area contributed by atoms with Gasteiger partial charge in [-0.15, -0.1) is 11.8 Å². The number of rotatable bonds is 2. The summed E-state index contributed by atoms with van der Waals surface area (Å²) in [4.78, 5) is 12.0. The van der Waals surface area contributed by atoms with Crippen LogP contribution in [0.5, 0.6) is 0 Å². The van der Waals surface area contributed by atoms with Gasteiger partial charge in [0.1, 0.15) is 0 Å². The standard InChI is InChI=1S/C10H13NOS/c1-7-9(11-8(2)12)5-4-6-10(7)13-3/h4-6H,1-3H3,(H,11,12). The summed E-state index contributed by atoms with van der Waals surface area (Å²) in [5, 5.41) is 2.80. The van der Waals surface area contributed by atoms with Crippen LogP contribution < -0.4 is 5.32 Å². The number of benzene rings is 1. The van der Waals surface area contributed by atoms with Gasteiger partial charge in [-0.25, -0.2) is 0 Å². The highest BCUT2D eigenvalue weighted by Crippen LogP contribution is 2.25. The molecule has 0 unspecified atom stereocenters. The second kappa shape index (κ2) is 4.33. The van der Waals surface area contributed by atoms with Crippen LogP contribution in [-0.2, 0) is 4.79 Å². The average molecular weight is 195 g/mol. The van der Waals surface area contributed by atoms with Crippen molar-refractivity contribution in [3.05, 3.63) is 23.8 Å². The number of carbonyl (C=O) groups is 1. The van der Waals surface area contributed by atoms with Crippen molar-refractivity contribution >= 4 is 23.4 Å². The molecule has 0 fully saturated rings. The summed E-state index contributed by atoms with van der Waals surface area (Å²) >= 11 is 1.69. The monoisotopic (exact) mass is 195 g/mol. The first-order chi connectivity index (χ1) is 6.15. The first-order valence-corrected chi connectivity index (χ1v) is 5.29. The van der Waals surface area contributed by atoms with Crippen molar-refractivity contribution in [2.45, 2.75) is 18.7 Å². The zero-order valence-corrected chi connectivity index (χ0v) is 8.87. The molecule has 0 atom stereocenters. The van der Waals surface area contributed by atoms with Gasteiger partial charge in [-0.1, -0.05) is 6.07 Å². The molecule has 1 amide bonds. The van der Waals surface area contributed by atoms with Crippen LogP contribution in [0.15, 0.2) is 23.1 Å². The summed E-state index contributed by atoms with van der Waals surface area (Å²) in [5.41, 5.74) is 2.03. The SMILES string of the molecule is CSc1cccc(NC(C)=O)c1C. The molecule has 0 aliphatic carbocycles. The number of hydrogen-bond donors (Lipinski definition) is 1. The minimum absolute atomic E-state index is 0.0265. The fourth-order valence-corrected chi connectivity index (χ4v) is 1.79. The van der Waals surface area contributed by atoms with Gasteiger partial charge in [0.05, 0.1) is 0 Å². The molecule has 1 rings (SSSR count). The summed E-state index contributed by atoms with van der Waals surface area (Å²) in [7, 11) is 0. The fraction of sp³-hybridized carbons (Fsp3) is 0.300. The lowest BCUT2D eigenvalue weighted by Gasteiger charge is -2.09. The summed E-state index contributed by atoms with van der Waals surface area (Å²) in [6, 6.07) is 5.91. The highest BCUT2D eigenvalue weighted by Gasteiger charge is 2.03. The number of anilines is 1. The van der Waals surface area contributed by atoms with Gasteiger partial charge < -0.3 is 5.32 Å². The predicted molar refractivity (Wildman–Crippen MR) is 57.3 cm³/mol. The zero-order valence-electron chi connectivity index (χ0n) is 8.05. The van der Waals surface area contributed by atoms with Gasteiger partial charge in [0, 0.05) is 17.5 Å². The molecular formula is C10H13NOS. The molecule has 0 radical (unpaired) electrons. The minimum atomic E-state index is -0.0265. The Morgan fingerprint density at radius 1 is 1.46 bits per heavy atom. The largest absolute Gasteiger partial charge is 0.326 e. The lowest BCUT2D eigenvalue weighted by molar-refractivity contribution is -0.114. The van der Waals surface area contributed by atoms with Gasteiger partial charge in [0.2, 0.25) is 5.91 Å². The highest BCUT2D eigenvalue weighted by molar-refractivity contribution is 7.98. The molecule has 0 saturated carbocycles. The maximum Gasteiger partial charge on any atom is 0.221 e. The van der Waals surface area contributed by atoms with E-state index in [4.69, 9.17) is 0 Å². The van der Waals surface area contributed by atoms with Gasteiger partial charge in [-0.2, -0.15) is 0 Å². The Morgan fingerprint density at radius 3 is 2.69 bits per heavy atom. The van der Waals surface area contributed by atoms with Crippen LogP contribution in [-0.4, -0.2) is 12.2 Å². The molecular weight excluding hydrogens is 182 g/mol. The zero-order chi connectivity index (χ0) is 9.84.